The second-order valence-corrected chi connectivity index (χ2v) is 8.18. The Hall–Kier alpha value is -2.74. The van der Waals surface area contributed by atoms with Crippen molar-refractivity contribution in [2.24, 2.45) is 5.92 Å². The molecule has 2 aliphatic rings. The Bertz CT molecular complexity index is 1100. The number of carbonyl (C=O) groups excluding carboxylic acids is 1. The van der Waals surface area contributed by atoms with Crippen molar-refractivity contribution in [2.75, 3.05) is 13.6 Å². The first-order valence-electron chi connectivity index (χ1n) is 9.78. The summed E-state index contributed by atoms with van der Waals surface area (Å²) in [4.78, 5) is 14.5. The predicted molar refractivity (Wildman–Crippen MR) is 103 cm³/mol. The zero-order valence-corrected chi connectivity index (χ0v) is 16.1. The number of halogens is 2. The van der Waals surface area contributed by atoms with E-state index in [1.165, 1.54) is 5.69 Å². The zero-order valence-electron chi connectivity index (χ0n) is 16.1. The second kappa shape index (κ2) is 6.66. The standard InChI is InChI=1S/C21H21F2N5O/c1-27-4-5-28-19(12-27)17(11-24-28)13-2-3-18-14(6-13)7-16(25-26-18)8-20(29)15-9-21(22,23)10-15/h2-3,6-7,11,15H,4-5,8-10,12H2,1H3. The van der Waals surface area contributed by atoms with Crippen LogP contribution in [0, 0.1) is 5.92 Å². The Balaban J connectivity index is 1.42. The molecule has 0 N–H and O–H groups in total. The minimum absolute atomic E-state index is 0.0435. The second-order valence-electron chi connectivity index (χ2n) is 8.18. The van der Waals surface area contributed by atoms with Crippen molar-refractivity contribution in [3.8, 4) is 11.1 Å². The average Bonchev–Trinajstić information content (AvgIpc) is 3.08. The van der Waals surface area contributed by atoms with Gasteiger partial charge in [-0.05, 0) is 30.8 Å². The number of Topliss-reactive ketones (excluding diaryl/α,β-unsaturated/α-hetero) is 1. The molecule has 1 aliphatic heterocycles. The summed E-state index contributed by atoms with van der Waals surface area (Å²) >= 11 is 0. The average molecular weight is 397 g/mol. The van der Waals surface area contributed by atoms with E-state index >= 15 is 0 Å². The maximum atomic E-state index is 13.0. The first-order chi connectivity index (χ1) is 13.9. The van der Waals surface area contributed by atoms with Crippen LogP contribution in [0.1, 0.15) is 24.2 Å². The summed E-state index contributed by atoms with van der Waals surface area (Å²) in [6.45, 7) is 2.69. The van der Waals surface area contributed by atoms with E-state index in [4.69, 9.17) is 0 Å². The lowest BCUT2D eigenvalue weighted by Gasteiger charge is -2.33. The van der Waals surface area contributed by atoms with Crippen molar-refractivity contribution < 1.29 is 13.6 Å². The van der Waals surface area contributed by atoms with Gasteiger partial charge in [0.15, 0.2) is 0 Å². The van der Waals surface area contributed by atoms with Gasteiger partial charge in [0, 0.05) is 42.8 Å². The van der Waals surface area contributed by atoms with Gasteiger partial charge in [0.1, 0.15) is 5.78 Å². The third-order valence-corrected chi connectivity index (χ3v) is 5.91. The molecule has 1 aromatic carbocycles. The van der Waals surface area contributed by atoms with Gasteiger partial charge in [0.25, 0.3) is 0 Å². The number of hydrogen-bond acceptors (Lipinski definition) is 5. The van der Waals surface area contributed by atoms with Gasteiger partial charge >= 0.3 is 0 Å². The number of benzene rings is 1. The number of likely N-dealkylation sites (N-methyl/N-ethyl adjacent to an activating group) is 1. The molecule has 150 valence electrons. The predicted octanol–water partition coefficient (Wildman–Crippen LogP) is 3.10. The summed E-state index contributed by atoms with van der Waals surface area (Å²) in [5.41, 5.74) is 4.56. The first kappa shape index (κ1) is 18.3. The van der Waals surface area contributed by atoms with Gasteiger partial charge in [0.2, 0.25) is 5.92 Å². The number of alkyl halides is 2. The minimum atomic E-state index is -2.69. The Morgan fingerprint density at radius 2 is 2.03 bits per heavy atom. The van der Waals surface area contributed by atoms with Gasteiger partial charge in [-0.2, -0.15) is 15.3 Å². The molecular formula is C21H21F2N5O. The highest BCUT2D eigenvalue weighted by molar-refractivity contribution is 5.87. The van der Waals surface area contributed by atoms with Crippen LogP contribution >= 0.6 is 0 Å². The van der Waals surface area contributed by atoms with E-state index in [1.807, 2.05) is 35.1 Å². The molecule has 1 aliphatic carbocycles. The van der Waals surface area contributed by atoms with Crippen molar-refractivity contribution in [3.05, 3.63) is 41.9 Å². The maximum Gasteiger partial charge on any atom is 0.249 e. The topological polar surface area (TPSA) is 63.9 Å². The van der Waals surface area contributed by atoms with Crippen LogP contribution in [-0.2, 0) is 24.3 Å². The SMILES string of the molecule is CN1CCn2ncc(-c3ccc4nnc(CC(=O)C5CC(F)(F)C5)cc4c3)c2C1. The monoisotopic (exact) mass is 397 g/mol. The molecule has 0 atom stereocenters. The third-order valence-electron chi connectivity index (χ3n) is 5.91. The molecule has 2 aromatic heterocycles. The number of aromatic nitrogens is 4. The Kier molecular flexibility index (Phi) is 4.20. The van der Waals surface area contributed by atoms with E-state index in [0.717, 1.165) is 41.7 Å². The molecule has 3 aromatic rings. The summed E-state index contributed by atoms with van der Waals surface area (Å²) in [5, 5.41) is 13.7. The molecular weight excluding hydrogens is 376 g/mol. The van der Waals surface area contributed by atoms with Crippen molar-refractivity contribution in [1.29, 1.82) is 0 Å². The van der Waals surface area contributed by atoms with E-state index in [9.17, 15) is 13.6 Å². The fourth-order valence-corrected chi connectivity index (χ4v) is 4.16. The molecule has 0 unspecified atom stereocenters. The van der Waals surface area contributed by atoms with Gasteiger partial charge in [-0.15, -0.1) is 0 Å². The molecule has 0 spiro atoms. The van der Waals surface area contributed by atoms with Crippen molar-refractivity contribution >= 4 is 16.7 Å². The summed E-state index contributed by atoms with van der Waals surface area (Å²) in [6.07, 6.45) is 1.24. The largest absolute Gasteiger partial charge is 0.299 e. The summed E-state index contributed by atoms with van der Waals surface area (Å²) in [5.74, 6) is -3.44. The number of hydrogen-bond donors (Lipinski definition) is 0. The van der Waals surface area contributed by atoms with Gasteiger partial charge in [-0.3, -0.25) is 14.4 Å². The molecule has 0 amide bonds. The van der Waals surface area contributed by atoms with Crippen LogP contribution in [-0.4, -0.2) is 50.2 Å². The van der Waals surface area contributed by atoms with E-state index < -0.39 is 11.8 Å². The van der Waals surface area contributed by atoms with Crippen LogP contribution in [0.25, 0.3) is 22.0 Å². The quantitative estimate of drug-likeness (QED) is 0.677. The van der Waals surface area contributed by atoms with Gasteiger partial charge in [0.05, 0.1) is 36.1 Å². The fraction of sp³-hybridized carbons (Fsp3) is 0.429. The first-order valence-corrected chi connectivity index (χ1v) is 9.78. The van der Waals surface area contributed by atoms with Gasteiger partial charge in [-0.1, -0.05) is 6.07 Å². The Morgan fingerprint density at radius 1 is 1.21 bits per heavy atom. The van der Waals surface area contributed by atoms with Crippen LogP contribution in [0.15, 0.2) is 30.5 Å². The lowest BCUT2D eigenvalue weighted by Crippen LogP contribution is -2.40. The summed E-state index contributed by atoms with van der Waals surface area (Å²) in [7, 11) is 2.09. The number of fused-ring (bicyclic) bond motifs is 2. The molecule has 1 fully saturated rings. The highest BCUT2D eigenvalue weighted by Crippen LogP contribution is 2.43. The maximum absolute atomic E-state index is 13.0. The van der Waals surface area contributed by atoms with Crippen molar-refractivity contribution in [2.45, 2.75) is 38.3 Å². The number of nitrogens with zero attached hydrogens (tertiary/aromatic N) is 5. The zero-order chi connectivity index (χ0) is 20.2. The lowest BCUT2D eigenvalue weighted by molar-refractivity contribution is -0.147. The number of ketones is 1. The lowest BCUT2D eigenvalue weighted by atomic mass is 9.77. The molecule has 6 nitrogen and oxygen atoms in total. The fourth-order valence-electron chi connectivity index (χ4n) is 4.16. The van der Waals surface area contributed by atoms with Crippen LogP contribution in [0.5, 0.6) is 0 Å². The van der Waals surface area contributed by atoms with Crippen LogP contribution in [0.2, 0.25) is 0 Å². The third kappa shape index (κ3) is 3.42. The number of rotatable bonds is 4. The van der Waals surface area contributed by atoms with Crippen molar-refractivity contribution in [1.82, 2.24) is 24.9 Å². The van der Waals surface area contributed by atoms with Crippen molar-refractivity contribution in [3.63, 3.8) is 0 Å². The molecule has 1 saturated carbocycles. The minimum Gasteiger partial charge on any atom is -0.299 e. The van der Waals surface area contributed by atoms with E-state index in [1.54, 1.807) is 0 Å². The Morgan fingerprint density at radius 3 is 2.83 bits per heavy atom. The summed E-state index contributed by atoms with van der Waals surface area (Å²) in [6, 6.07) is 7.78. The molecule has 0 saturated heterocycles. The highest BCUT2D eigenvalue weighted by atomic mass is 19.3. The highest BCUT2D eigenvalue weighted by Gasteiger charge is 2.48. The molecule has 29 heavy (non-hydrogen) atoms. The van der Waals surface area contributed by atoms with Crippen LogP contribution < -0.4 is 0 Å². The normalized spacial score (nSPS) is 19.1. The molecule has 0 radical (unpaired) electrons. The van der Waals surface area contributed by atoms with E-state index in [2.05, 4.69) is 27.2 Å². The molecule has 5 rings (SSSR count). The van der Waals surface area contributed by atoms with Crippen LogP contribution in [0.3, 0.4) is 0 Å². The smallest absolute Gasteiger partial charge is 0.249 e. The Labute approximate surface area is 166 Å². The van der Waals surface area contributed by atoms with Crippen LogP contribution in [0.4, 0.5) is 8.78 Å². The molecule has 0 bridgehead atoms. The van der Waals surface area contributed by atoms with Gasteiger partial charge in [-0.25, -0.2) is 8.78 Å². The molecule has 8 heteroatoms. The van der Waals surface area contributed by atoms with E-state index in [0.29, 0.717) is 5.69 Å². The summed E-state index contributed by atoms with van der Waals surface area (Å²) < 4.78 is 28.1. The number of carbonyl (C=O) groups is 1. The van der Waals surface area contributed by atoms with E-state index in [-0.39, 0.29) is 25.0 Å². The molecule has 3 heterocycles. The van der Waals surface area contributed by atoms with Gasteiger partial charge < -0.3 is 0 Å².